The van der Waals surface area contributed by atoms with Crippen LogP contribution in [0.1, 0.15) is 24.5 Å². The Morgan fingerprint density at radius 1 is 1.18 bits per heavy atom. The van der Waals surface area contributed by atoms with E-state index in [1.54, 1.807) is 0 Å². The van der Waals surface area contributed by atoms with Gasteiger partial charge in [-0.05, 0) is 24.5 Å². The SMILES string of the molecule is CCCc1ccccc1C.[Na]. The molecular weight excluding hydrogens is 143 g/mol. The zero-order chi connectivity index (χ0) is 7.40. The first-order valence-corrected chi connectivity index (χ1v) is 3.89. The van der Waals surface area contributed by atoms with E-state index in [0.717, 1.165) is 0 Å². The van der Waals surface area contributed by atoms with Crippen molar-refractivity contribution in [3.05, 3.63) is 35.4 Å². The minimum Gasteiger partial charge on any atom is -0.0651 e. The van der Waals surface area contributed by atoms with Crippen LogP contribution < -0.4 is 0 Å². The van der Waals surface area contributed by atoms with Crippen LogP contribution in [0.2, 0.25) is 0 Å². The maximum Gasteiger partial charge on any atom is 0 e. The summed E-state index contributed by atoms with van der Waals surface area (Å²) >= 11 is 0. The second kappa shape index (κ2) is 5.82. The van der Waals surface area contributed by atoms with Gasteiger partial charge in [-0.2, -0.15) is 0 Å². The molecule has 0 saturated heterocycles. The van der Waals surface area contributed by atoms with Crippen LogP contribution in [0.25, 0.3) is 0 Å². The molecule has 55 valence electrons. The molecule has 0 nitrogen and oxygen atoms in total. The Morgan fingerprint density at radius 3 is 2.36 bits per heavy atom. The molecule has 0 heterocycles. The van der Waals surface area contributed by atoms with E-state index in [1.807, 2.05) is 0 Å². The first kappa shape index (κ1) is 11.2. The number of hydrogen-bond acceptors (Lipinski definition) is 0. The fraction of sp³-hybridized carbons (Fsp3) is 0.400. The third-order valence-electron chi connectivity index (χ3n) is 1.78. The molecule has 0 unspecified atom stereocenters. The minimum atomic E-state index is 0. The monoisotopic (exact) mass is 157 g/mol. The predicted octanol–water partition coefficient (Wildman–Crippen LogP) is 2.57. The summed E-state index contributed by atoms with van der Waals surface area (Å²) in [5, 5.41) is 0. The Bertz CT molecular complexity index is 206. The van der Waals surface area contributed by atoms with Crippen LogP contribution in [-0.4, -0.2) is 29.6 Å². The molecule has 1 aromatic rings. The van der Waals surface area contributed by atoms with Gasteiger partial charge in [-0.25, -0.2) is 0 Å². The number of benzene rings is 1. The van der Waals surface area contributed by atoms with E-state index in [-0.39, 0.29) is 29.6 Å². The molecule has 0 saturated carbocycles. The Labute approximate surface area is 91.3 Å². The third kappa shape index (κ3) is 3.42. The van der Waals surface area contributed by atoms with E-state index < -0.39 is 0 Å². The van der Waals surface area contributed by atoms with Crippen LogP contribution in [0.3, 0.4) is 0 Å². The smallest absolute Gasteiger partial charge is 0 e. The molecule has 0 aliphatic heterocycles. The largest absolute Gasteiger partial charge is 0.0651 e. The third-order valence-corrected chi connectivity index (χ3v) is 1.78. The van der Waals surface area contributed by atoms with Crippen molar-refractivity contribution in [2.75, 3.05) is 0 Å². The van der Waals surface area contributed by atoms with Gasteiger partial charge in [0.25, 0.3) is 0 Å². The van der Waals surface area contributed by atoms with Crippen LogP contribution in [0.5, 0.6) is 0 Å². The van der Waals surface area contributed by atoms with E-state index in [9.17, 15) is 0 Å². The van der Waals surface area contributed by atoms with E-state index in [2.05, 4.69) is 38.1 Å². The second-order valence-corrected chi connectivity index (χ2v) is 2.68. The summed E-state index contributed by atoms with van der Waals surface area (Å²) in [5.41, 5.74) is 2.91. The summed E-state index contributed by atoms with van der Waals surface area (Å²) in [6.45, 7) is 4.39. The van der Waals surface area contributed by atoms with Crippen molar-refractivity contribution >= 4 is 29.6 Å². The maximum atomic E-state index is 2.21. The summed E-state index contributed by atoms with van der Waals surface area (Å²) in [5.74, 6) is 0. The van der Waals surface area contributed by atoms with Crippen LogP contribution in [0.4, 0.5) is 0 Å². The molecule has 11 heavy (non-hydrogen) atoms. The second-order valence-electron chi connectivity index (χ2n) is 2.68. The number of aryl methyl sites for hydroxylation is 2. The van der Waals surface area contributed by atoms with Crippen LogP contribution in [0, 0.1) is 6.92 Å². The minimum absolute atomic E-state index is 0. The zero-order valence-corrected chi connectivity index (χ0v) is 9.72. The summed E-state index contributed by atoms with van der Waals surface area (Å²) in [4.78, 5) is 0. The molecular formula is C10H14Na. The van der Waals surface area contributed by atoms with E-state index >= 15 is 0 Å². The molecule has 0 aliphatic carbocycles. The van der Waals surface area contributed by atoms with Crippen molar-refractivity contribution in [3.63, 3.8) is 0 Å². The zero-order valence-electron chi connectivity index (χ0n) is 7.72. The molecule has 0 amide bonds. The van der Waals surface area contributed by atoms with E-state index in [1.165, 1.54) is 24.0 Å². The molecule has 1 heteroatoms. The van der Waals surface area contributed by atoms with Crippen molar-refractivity contribution in [2.24, 2.45) is 0 Å². The Balaban J connectivity index is 0.000001000. The summed E-state index contributed by atoms with van der Waals surface area (Å²) in [6.07, 6.45) is 2.46. The summed E-state index contributed by atoms with van der Waals surface area (Å²) < 4.78 is 0. The fourth-order valence-electron chi connectivity index (χ4n) is 1.16. The average molecular weight is 157 g/mol. The molecule has 0 spiro atoms. The van der Waals surface area contributed by atoms with Gasteiger partial charge in [-0.1, -0.05) is 37.6 Å². The van der Waals surface area contributed by atoms with Crippen molar-refractivity contribution in [3.8, 4) is 0 Å². The first-order chi connectivity index (χ1) is 4.84. The standard InChI is InChI=1S/C10H14.Na/c1-3-6-10-8-5-4-7-9(10)2;/h4-5,7-8H,3,6H2,1-2H3;. The van der Waals surface area contributed by atoms with Gasteiger partial charge in [-0.3, -0.25) is 0 Å². The molecule has 0 fully saturated rings. The molecule has 1 radical (unpaired) electrons. The van der Waals surface area contributed by atoms with Gasteiger partial charge in [0.05, 0.1) is 0 Å². The Kier molecular flexibility index (Phi) is 5.93. The van der Waals surface area contributed by atoms with Crippen molar-refractivity contribution in [1.82, 2.24) is 0 Å². The molecule has 0 bridgehead atoms. The Morgan fingerprint density at radius 2 is 1.82 bits per heavy atom. The van der Waals surface area contributed by atoms with Gasteiger partial charge in [0.2, 0.25) is 0 Å². The molecule has 1 rings (SSSR count). The molecule has 0 atom stereocenters. The molecule has 0 N–H and O–H groups in total. The van der Waals surface area contributed by atoms with Crippen molar-refractivity contribution in [2.45, 2.75) is 26.7 Å². The molecule has 1 aromatic carbocycles. The van der Waals surface area contributed by atoms with Gasteiger partial charge < -0.3 is 0 Å². The van der Waals surface area contributed by atoms with Gasteiger partial charge >= 0.3 is 0 Å². The Hall–Kier alpha value is 0.220. The topological polar surface area (TPSA) is 0 Å². The van der Waals surface area contributed by atoms with Gasteiger partial charge in [0.1, 0.15) is 0 Å². The van der Waals surface area contributed by atoms with E-state index in [4.69, 9.17) is 0 Å². The van der Waals surface area contributed by atoms with Crippen LogP contribution in [-0.2, 0) is 6.42 Å². The summed E-state index contributed by atoms with van der Waals surface area (Å²) in [6, 6.07) is 8.58. The van der Waals surface area contributed by atoms with Gasteiger partial charge in [0.15, 0.2) is 0 Å². The van der Waals surface area contributed by atoms with Gasteiger partial charge in [-0.15, -0.1) is 0 Å². The fourth-order valence-corrected chi connectivity index (χ4v) is 1.16. The number of hydrogen-bond donors (Lipinski definition) is 0. The number of rotatable bonds is 2. The van der Waals surface area contributed by atoms with Gasteiger partial charge in [0, 0.05) is 29.6 Å². The summed E-state index contributed by atoms with van der Waals surface area (Å²) in [7, 11) is 0. The normalized spacial score (nSPS) is 8.91. The predicted molar refractivity (Wildman–Crippen MR) is 50.9 cm³/mol. The van der Waals surface area contributed by atoms with Crippen LogP contribution >= 0.6 is 0 Å². The average Bonchev–Trinajstić information content (AvgIpc) is 1.94. The molecule has 0 aliphatic rings. The maximum absolute atomic E-state index is 2.21. The van der Waals surface area contributed by atoms with Crippen molar-refractivity contribution < 1.29 is 0 Å². The van der Waals surface area contributed by atoms with Crippen LogP contribution in [0.15, 0.2) is 24.3 Å². The molecule has 0 aromatic heterocycles. The van der Waals surface area contributed by atoms with Crippen molar-refractivity contribution in [1.29, 1.82) is 0 Å². The van der Waals surface area contributed by atoms with E-state index in [0.29, 0.717) is 0 Å². The first-order valence-electron chi connectivity index (χ1n) is 3.89. The quantitative estimate of drug-likeness (QED) is 0.579.